The van der Waals surface area contributed by atoms with Crippen molar-refractivity contribution >= 4 is 11.6 Å². The lowest BCUT2D eigenvalue weighted by molar-refractivity contribution is 0.173. The zero-order chi connectivity index (χ0) is 15.4. The van der Waals surface area contributed by atoms with E-state index < -0.39 is 0 Å². The number of unbranched alkanes of at least 4 members (excludes halogenated alkanes) is 12. The summed E-state index contributed by atoms with van der Waals surface area (Å²) >= 11 is 5.44. The van der Waals surface area contributed by atoms with Gasteiger partial charge in [-0.2, -0.15) is 0 Å². The van der Waals surface area contributed by atoms with Crippen LogP contribution in [0.5, 0.6) is 0 Å². The van der Waals surface area contributed by atoms with Crippen LogP contribution in [0, 0.1) is 0 Å². The molecular weight excluding hydrogens is 280 g/mol. The maximum absolute atomic E-state index is 5.44. The first-order chi connectivity index (χ1) is 10.4. The van der Waals surface area contributed by atoms with E-state index in [0.717, 1.165) is 13.0 Å². The summed E-state index contributed by atoms with van der Waals surface area (Å²) in [5.74, 6) is 0. The fourth-order valence-corrected chi connectivity index (χ4v) is 2.62. The molecule has 0 aromatic carbocycles. The maximum atomic E-state index is 5.44. The van der Waals surface area contributed by atoms with E-state index in [2.05, 4.69) is 19.1 Å². The standard InChI is InChI=1S/C19H37ClO/c1-2-3-4-5-6-7-8-9-10-11-12-13-14-15-16-17-18-21-19-20/h9-10H,2-8,11-19H2,1H3/b10-9-. The fourth-order valence-electron chi connectivity index (χ4n) is 2.51. The molecule has 0 fully saturated rings. The second kappa shape index (κ2) is 20.0. The first kappa shape index (κ1) is 21.0. The van der Waals surface area contributed by atoms with Gasteiger partial charge in [-0.05, 0) is 32.1 Å². The molecule has 0 aliphatic carbocycles. The third-order valence-corrected chi connectivity index (χ3v) is 4.03. The summed E-state index contributed by atoms with van der Waals surface area (Å²) in [6.45, 7) is 3.10. The number of hydrogen-bond acceptors (Lipinski definition) is 1. The quantitative estimate of drug-likeness (QED) is 0.156. The van der Waals surface area contributed by atoms with Crippen molar-refractivity contribution in [3.63, 3.8) is 0 Å². The molecule has 0 spiro atoms. The first-order valence-electron chi connectivity index (χ1n) is 9.20. The van der Waals surface area contributed by atoms with Crippen molar-refractivity contribution in [3.05, 3.63) is 12.2 Å². The van der Waals surface area contributed by atoms with Crippen LogP contribution in [0.25, 0.3) is 0 Å². The molecule has 0 aromatic rings. The van der Waals surface area contributed by atoms with E-state index in [1.54, 1.807) is 0 Å². The van der Waals surface area contributed by atoms with Gasteiger partial charge < -0.3 is 4.74 Å². The van der Waals surface area contributed by atoms with Crippen molar-refractivity contribution in [1.82, 2.24) is 0 Å². The van der Waals surface area contributed by atoms with Gasteiger partial charge in [0.05, 0.1) is 0 Å². The van der Waals surface area contributed by atoms with Gasteiger partial charge in [0.25, 0.3) is 0 Å². The van der Waals surface area contributed by atoms with Gasteiger partial charge in [0, 0.05) is 6.61 Å². The number of allylic oxidation sites excluding steroid dienone is 2. The Balaban J connectivity index is 3.02. The first-order valence-corrected chi connectivity index (χ1v) is 9.74. The van der Waals surface area contributed by atoms with Crippen molar-refractivity contribution in [2.24, 2.45) is 0 Å². The minimum Gasteiger partial charge on any atom is -0.366 e. The van der Waals surface area contributed by atoms with Gasteiger partial charge in [-0.15, -0.1) is 0 Å². The Morgan fingerprint density at radius 2 is 1.14 bits per heavy atom. The second-order valence-corrected chi connectivity index (χ2v) is 6.17. The van der Waals surface area contributed by atoms with Crippen LogP contribution in [0.4, 0.5) is 0 Å². The van der Waals surface area contributed by atoms with Gasteiger partial charge in [0.1, 0.15) is 6.07 Å². The molecule has 2 heteroatoms. The molecule has 1 nitrogen and oxygen atoms in total. The Morgan fingerprint density at radius 1 is 0.667 bits per heavy atom. The molecule has 0 unspecified atom stereocenters. The summed E-state index contributed by atoms with van der Waals surface area (Å²) in [7, 11) is 0. The topological polar surface area (TPSA) is 9.23 Å². The summed E-state index contributed by atoms with van der Waals surface area (Å²) in [6.07, 6.45) is 23.6. The smallest absolute Gasteiger partial charge is 0.120 e. The summed E-state index contributed by atoms with van der Waals surface area (Å²) < 4.78 is 5.11. The van der Waals surface area contributed by atoms with Crippen molar-refractivity contribution in [3.8, 4) is 0 Å². The minimum absolute atomic E-state index is 0.338. The third kappa shape index (κ3) is 20.0. The predicted molar refractivity (Wildman–Crippen MR) is 96.1 cm³/mol. The molecule has 126 valence electrons. The van der Waals surface area contributed by atoms with Gasteiger partial charge in [-0.1, -0.05) is 88.5 Å². The average Bonchev–Trinajstić information content (AvgIpc) is 2.50. The average molecular weight is 317 g/mol. The van der Waals surface area contributed by atoms with E-state index >= 15 is 0 Å². The zero-order valence-corrected chi connectivity index (χ0v) is 15.0. The van der Waals surface area contributed by atoms with Crippen LogP contribution in [-0.2, 0) is 4.74 Å². The Labute approximate surface area is 138 Å². The molecule has 0 aromatic heterocycles. The van der Waals surface area contributed by atoms with Gasteiger partial charge >= 0.3 is 0 Å². The van der Waals surface area contributed by atoms with E-state index in [0.29, 0.717) is 6.07 Å². The predicted octanol–water partition coefficient (Wildman–Crippen LogP) is 7.24. The van der Waals surface area contributed by atoms with Crippen molar-refractivity contribution in [2.45, 2.75) is 96.8 Å². The Morgan fingerprint density at radius 3 is 1.67 bits per heavy atom. The van der Waals surface area contributed by atoms with Crippen LogP contribution in [0.15, 0.2) is 12.2 Å². The molecule has 0 N–H and O–H groups in total. The van der Waals surface area contributed by atoms with Crippen molar-refractivity contribution < 1.29 is 4.74 Å². The highest BCUT2D eigenvalue weighted by atomic mass is 35.5. The van der Waals surface area contributed by atoms with Gasteiger partial charge in [0.15, 0.2) is 0 Å². The minimum atomic E-state index is 0.338. The number of halogens is 1. The lowest BCUT2D eigenvalue weighted by atomic mass is 10.1. The zero-order valence-electron chi connectivity index (χ0n) is 14.3. The Bertz CT molecular complexity index is 204. The number of ether oxygens (including phenoxy) is 1. The summed E-state index contributed by atoms with van der Waals surface area (Å²) in [5, 5.41) is 0. The second-order valence-electron chi connectivity index (χ2n) is 5.96. The fraction of sp³-hybridized carbons (Fsp3) is 0.895. The number of rotatable bonds is 17. The molecule has 0 aliphatic heterocycles. The Kier molecular flexibility index (Phi) is 20.0. The highest BCUT2D eigenvalue weighted by Gasteiger charge is 1.91. The highest BCUT2D eigenvalue weighted by molar-refractivity contribution is 6.17. The molecule has 0 radical (unpaired) electrons. The molecule has 0 atom stereocenters. The molecule has 0 aliphatic rings. The van der Waals surface area contributed by atoms with E-state index in [4.69, 9.17) is 16.3 Å². The lowest BCUT2D eigenvalue weighted by Crippen LogP contribution is -1.91. The van der Waals surface area contributed by atoms with Gasteiger partial charge in [0.2, 0.25) is 0 Å². The van der Waals surface area contributed by atoms with Crippen LogP contribution >= 0.6 is 11.6 Å². The van der Waals surface area contributed by atoms with Crippen molar-refractivity contribution in [2.75, 3.05) is 12.7 Å². The molecule has 0 rings (SSSR count). The normalized spacial score (nSPS) is 11.5. The largest absolute Gasteiger partial charge is 0.366 e. The number of alkyl halides is 1. The molecule has 21 heavy (non-hydrogen) atoms. The summed E-state index contributed by atoms with van der Waals surface area (Å²) in [5.41, 5.74) is 0. The molecule has 0 bridgehead atoms. The SMILES string of the molecule is CCCCCCCC/C=C\CCCCCCCCOCCl. The molecule has 0 amide bonds. The Hall–Kier alpha value is -0.0100. The van der Waals surface area contributed by atoms with E-state index in [-0.39, 0.29) is 0 Å². The van der Waals surface area contributed by atoms with E-state index in [1.807, 2.05) is 0 Å². The van der Waals surface area contributed by atoms with Crippen LogP contribution in [-0.4, -0.2) is 12.7 Å². The van der Waals surface area contributed by atoms with Gasteiger partial charge in [-0.3, -0.25) is 0 Å². The number of hydrogen-bond donors (Lipinski definition) is 0. The monoisotopic (exact) mass is 316 g/mol. The maximum Gasteiger partial charge on any atom is 0.120 e. The van der Waals surface area contributed by atoms with Crippen LogP contribution in [0.2, 0.25) is 0 Å². The van der Waals surface area contributed by atoms with Crippen LogP contribution in [0.3, 0.4) is 0 Å². The molecular formula is C19H37ClO. The molecule has 0 saturated heterocycles. The van der Waals surface area contributed by atoms with Gasteiger partial charge in [-0.25, -0.2) is 0 Å². The van der Waals surface area contributed by atoms with E-state index in [1.165, 1.54) is 83.5 Å². The van der Waals surface area contributed by atoms with Crippen LogP contribution < -0.4 is 0 Å². The summed E-state index contributed by atoms with van der Waals surface area (Å²) in [4.78, 5) is 0. The third-order valence-electron chi connectivity index (χ3n) is 3.88. The highest BCUT2D eigenvalue weighted by Crippen LogP contribution is 2.09. The van der Waals surface area contributed by atoms with E-state index in [9.17, 15) is 0 Å². The molecule has 0 saturated carbocycles. The molecule has 0 heterocycles. The van der Waals surface area contributed by atoms with Crippen molar-refractivity contribution in [1.29, 1.82) is 0 Å². The summed E-state index contributed by atoms with van der Waals surface area (Å²) in [6, 6.07) is 0.338. The lowest BCUT2D eigenvalue weighted by Gasteiger charge is -2.01. The van der Waals surface area contributed by atoms with Crippen LogP contribution in [0.1, 0.15) is 96.8 Å².